The first-order chi connectivity index (χ1) is 9.37. The first-order valence-electron chi connectivity index (χ1n) is 6.43. The van der Waals surface area contributed by atoms with E-state index in [1.807, 2.05) is 20.8 Å². The summed E-state index contributed by atoms with van der Waals surface area (Å²) in [5, 5.41) is 0. The number of methoxy groups -OCH3 is 2. The van der Waals surface area contributed by atoms with Crippen LogP contribution in [0.4, 0.5) is 0 Å². The summed E-state index contributed by atoms with van der Waals surface area (Å²) < 4.78 is 21.2. The Morgan fingerprint density at radius 3 is 2.10 bits per heavy atom. The lowest BCUT2D eigenvalue weighted by Gasteiger charge is -2.19. The van der Waals surface area contributed by atoms with Crippen molar-refractivity contribution in [2.75, 3.05) is 20.8 Å². The monoisotopic (exact) mass is 282 g/mol. The summed E-state index contributed by atoms with van der Waals surface area (Å²) in [4.78, 5) is 11.6. The van der Waals surface area contributed by atoms with Crippen molar-refractivity contribution < 1.29 is 23.7 Å². The highest BCUT2D eigenvalue weighted by atomic mass is 16.6. The Labute approximate surface area is 119 Å². The van der Waals surface area contributed by atoms with E-state index in [4.69, 9.17) is 18.9 Å². The maximum atomic E-state index is 11.6. The predicted octanol–water partition coefficient (Wildman–Crippen LogP) is 2.81. The lowest BCUT2D eigenvalue weighted by Crippen LogP contribution is -2.24. The number of carbonyl (C=O) groups is 1. The van der Waals surface area contributed by atoms with Crippen molar-refractivity contribution in [1.29, 1.82) is 0 Å². The number of hydrogen-bond donors (Lipinski definition) is 0. The van der Waals surface area contributed by atoms with Crippen LogP contribution in [0, 0.1) is 0 Å². The van der Waals surface area contributed by atoms with E-state index >= 15 is 0 Å². The molecule has 5 nitrogen and oxygen atoms in total. The second-order valence-corrected chi connectivity index (χ2v) is 5.18. The molecule has 1 rings (SSSR count). The third-order valence-electron chi connectivity index (χ3n) is 2.36. The van der Waals surface area contributed by atoms with Crippen molar-refractivity contribution in [2.24, 2.45) is 0 Å². The molecule has 0 N–H and O–H groups in total. The largest absolute Gasteiger partial charge is 0.493 e. The Morgan fingerprint density at radius 1 is 1.10 bits per heavy atom. The molecule has 0 saturated heterocycles. The molecule has 0 radical (unpaired) electrons. The van der Waals surface area contributed by atoms with Crippen LogP contribution in [0.15, 0.2) is 18.2 Å². The molecule has 0 fully saturated rings. The van der Waals surface area contributed by atoms with Crippen LogP contribution in [-0.4, -0.2) is 32.4 Å². The van der Waals surface area contributed by atoms with E-state index < -0.39 is 5.60 Å². The quantitative estimate of drug-likeness (QED) is 0.751. The van der Waals surface area contributed by atoms with Gasteiger partial charge in [0, 0.05) is 0 Å². The molecular formula is C15H22O5. The molecule has 0 heterocycles. The van der Waals surface area contributed by atoms with Crippen molar-refractivity contribution in [2.45, 2.75) is 32.8 Å². The van der Waals surface area contributed by atoms with Gasteiger partial charge in [0.2, 0.25) is 5.75 Å². The first kappa shape index (κ1) is 16.1. The van der Waals surface area contributed by atoms with E-state index in [0.29, 0.717) is 17.2 Å². The highest BCUT2D eigenvalue weighted by molar-refractivity contribution is 5.70. The summed E-state index contributed by atoms with van der Waals surface area (Å²) in [5.74, 6) is 1.31. The fraction of sp³-hybridized carbons (Fsp3) is 0.533. The molecule has 0 amide bonds. The number of ether oxygens (including phenoxy) is 4. The van der Waals surface area contributed by atoms with E-state index in [1.54, 1.807) is 32.4 Å². The van der Waals surface area contributed by atoms with Crippen LogP contribution >= 0.6 is 0 Å². The molecule has 0 saturated carbocycles. The number of carbonyl (C=O) groups excluding carboxylic acids is 1. The zero-order valence-electron chi connectivity index (χ0n) is 12.7. The van der Waals surface area contributed by atoms with Crippen molar-refractivity contribution >= 4 is 5.97 Å². The van der Waals surface area contributed by atoms with E-state index in [0.717, 1.165) is 0 Å². The Hall–Kier alpha value is -1.91. The molecule has 0 unspecified atom stereocenters. The SMILES string of the molecule is COc1cccc(OC)c1OCCC(=O)OC(C)(C)C. The zero-order chi connectivity index (χ0) is 15.2. The van der Waals surface area contributed by atoms with E-state index in [9.17, 15) is 4.79 Å². The summed E-state index contributed by atoms with van der Waals surface area (Å²) in [7, 11) is 3.10. The van der Waals surface area contributed by atoms with Gasteiger partial charge >= 0.3 is 5.97 Å². The Morgan fingerprint density at radius 2 is 1.65 bits per heavy atom. The lowest BCUT2D eigenvalue weighted by molar-refractivity contribution is -0.155. The van der Waals surface area contributed by atoms with Crippen molar-refractivity contribution in [3.8, 4) is 17.2 Å². The fourth-order valence-electron chi connectivity index (χ4n) is 1.59. The summed E-state index contributed by atoms with van der Waals surface area (Å²) in [6, 6.07) is 5.34. The van der Waals surface area contributed by atoms with Crippen molar-refractivity contribution in [3.05, 3.63) is 18.2 Å². The van der Waals surface area contributed by atoms with Crippen molar-refractivity contribution in [3.63, 3.8) is 0 Å². The van der Waals surface area contributed by atoms with Crippen LogP contribution in [-0.2, 0) is 9.53 Å². The summed E-state index contributed by atoms with van der Waals surface area (Å²) >= 11 is 0. The molecule has 5 heteroatoms. The summed E-state index contributed by atoms with van der Waals surface area (Å²) in [6.07, 6.45) is 0.165. The molecular weight excluding hydrogens is 260 g/mol. The number of esters is 1. The molecule has 1 aromatic rings. The number of benzene rings is 1. The third kappa shape index (κ3) is 4.99. The van der Waals surface area contributed by atoms with Gasteiger partial charge in [0.15, 0.2) is 11.5 Å². The molecule has 0 aliphatic rings. The number of rotatable bonds is 6. The maximum absolute atomic E-state index is 11.6. The van der Waals surface area contributed by atoms with Gasteiger partial charge < -0.3 is 18.9 Å². The van der Waals surface area contributed by atoms with E-state index in [-0.39, 0.29) is 19.0 Å². The normalized spacial score (nSPS) is 10.8. The van der Waals surface area contributed by atoms with Gasteiger partial charge in [-0.05, 0) is 32.9 Å². The average molecular weight is 282 g/mol. The van der Waals surface area contributed by atoms with Gasteiger partial charge in [-0.3, -0.25) is 4.79 Å². The molecule has 0 spiro atoms. The smallest absolute Gasteiger partial charge is 0.309 e. The molecule has 20 heavy (non-hydrogen) atoms. The highest BCUT2D eigenvalue weighted by Crippen LogP contribution is 2.36. The van der Waals surface area contributed by atoms with Gasteiger partial charge in [-0.2, -0.15) is 0 Å². The molecule has 0 atom stereocenters. The zero-order valence-corrected chi connectivity index (χ0v) is 12.7. The van der Waals surface area contributed by atoms with Gasteiger partial charge in [0.05, 0.1) is 27.2 Å². The van der Waals surface area contributed by atoms with Gasteiger partial charge in [-0.1, -0.05) is 6.07 Å². The number of hydrogen-bond acceptors (Lipinski definition) is 5. The molecule has 112 valence electrons. The van der Waals surface area contributed by atoms with Crippen LogP contribution in [0.1, 0.15) is 27.2 Å². The average Bonchev–Trinajstić information content (AvgIpc) is 2.36. The Kier molecular flexibility index (Phi) is 5.67. The van der Waals surface area contributed by atoms with Crippen LogP contribution in [0.5, 0.6) is 17.2 Å². The molecule has 0 bridgehead atoms. The molecule has 0 aliphatic carbocycles. The summed E-state index contributed by atoms with van der Waals surface area (Å²) in [5.41, 5.74) is -0.487. The van der Waals surface area contributed by atoms with Crippen LogP contribution in [0.3, 0.4) is 0 Å². The predicted molar refractivity (Wildman–Crippen MR) is 75.5 cm³/mol. The Bertz CT molecular complexity index is 426. The first-order valence-corrected chi connectivity index (χ1v) is 6.43. The fourth-order valence-corrected chi connectivity index (χ4v) is 1.59. The van der Waals surface area contributed by atoms with E-state index in [1.165, 1.54) is 0 Å². The maximum Gasteiger partial charge on any atom is 0.309 e. The second-order valence-electron chi connectivity index (χ2n) is 5.18. The molecule has 0 aromatic heterocycles. The topological polar surface area (TPSA) is 54.0 Å². The van der Waals surface area contributed by atoms with Crippen LogP contribution in [0.25, 0.3) is 0 Å². The lowest BCUT2D eigenvalue weighted by atomic mass is 10.2. The highest BCUT2D eigenvalue weighted by Gasteiger charge is 2.17. The van der Waals surface area contributed by atoms with E-state index in [2.05, 4.69) is 0 Å². The minimum Gasteiger partial charge on any atom is -0.493 e. The standard InChI is InChI=1S/C15H22O5/c1-15(2,3)20-13(16)9-10-19-14-11(17-4)7-6-8-12(14)18-5/h6-8H,9-10H2,1-5H3. The minimum absolute atomic E-state index is 0.165. The Balaban J connectivity index is 2.60. The van der Waals surface area contributed by atoms with Crippen molar-refractivity contribution in [1.82, 2.24) is 0 Å². The minimum atomic E-state index is -0.487. The molecule has 1 aromatic carbocycles. The third-order valence-corrected chi connectivity index (χ3v) is 2.36. The van der Waals surface area contributed by atoms with Gasteiger partial charge in [-0.25, -0.2) is 0 Å². The second kappa shape index (κ2) is 7.03. The van der Waals surface area contributed by atoms with Crippen LogP contribution < -0.4 is 14.2 Å². The molecule has 0 aliphatic heterocycles. The van der Waals surface area contributed by atoms with Crippen LogP contribution in [0.2, 0.25) is 0 Å². The van der Waals surface area contributed by atoms with Gasteiger partial charge in [0.25, 0.3) is 0 Å². The van der Waals surface area contributed by atoms with Gasteiger partial charge in [-0.15, -0.1) is 0 Å². The number of para-hydroxylation sites is 1. The van der Waals surface area contributed by atoms with Gasteiger partial charge in [0.1, 0.15) is 5.60 Å². The summed E-state index contributed by atoms with van der Waals surface area (Å²) in [6.45, 7) is 5.69.